The fraction of sp³-hybridized carbons (Fsp3) is 0.412. The first-order valence-electron chi connectivity index (χ1n) is 7.66. The number of nitrogens with zero attached hydrogens (tertiary/aromatic N) is 2. The smallest absolute Gasteiger partial charge is 0.341 e. The number of halogens is 1. The third kappa shape index (κ3) is 3.20. The van der Waals surface area contributed by atoms with Gasteiger partial charge in [0.15, 0.2) is 0 Å². The standard InChI is InChI=1S/C17H21ClN2O3/c1-5-20(6-2)16-11(17(21)23-7-3)10-19-15-13(22-4)9-8-12(18)14(15)16/h8-10H,5-7H2,1-4H3. The molecule has 6 heteroatoms. The Kier molecular flexibility index (Phi) is 5.66. The summed E-state index contributed by atoms with van der Waals surface area (Å²) >= 11 is 6.43. The van der Waals surface area contributed by atoms with Gasteiger partial charge in [0.25, 0.3) is 0 Å². The molecule has 0 unspecified atom stereocenters. The number of methoxy groups -OCH3 is 1. The van der Waals surface area contributed by atoms with Gasteiger partial charge in [0, 0.05) is 24.7 Å². The lowest BCUT2D eigenvalue weighted by Gasteiger charge is -2.25. The largest absolute Gasteiger partial charge is 0.494 e. The van der Waals surface area contributed by atoms with Crippen LogP contribution in [0.5, 0.6) is 5.75 Å². The molecule has 0 atom stereocenters. The molecule has 2 aromatic rings. The van der Waals surface area contributed by atoms with Crippen LogP contribution in [0, 0.1) is 0 Å². The first-order valence-corrected chi connectivity index (χ1v) is 8.03. The van der Waals surface area contributed by atoms with Gasteiger partial charge in [-0.1, -0.05) is 11.6 Å². The van der Waals surface area contributed by atoms with Crippen LogP contribution in [0.1, 0.15) is 31.1 Å². The Hall–Kier alpha value is -2.01. The SMILES string of the molecule is CCOC(=O)c1cnc2c(OC)ccc(Cl)c2c1N(CC)CC. The Morgan fingerprint density at radius 2 is 1.96 bits per heavy atom. The zero-order chi connectivity index (χ0) is 17.0. The van der Waals surface area contributed by atoms with Gasteiger partial charge in [0.1, 0.15) is 16.8 Å². The summed E-state index contributed by atoms with van der Waals surface area (Å²) in [6.45, 7) is 7.60. The van der Waals surface area contributed by atoms with Crippen molar-refractivity contribution in [2.75, 3.05) is 31.7 Å². The van der Waals surface area contributed by atoms with Gasteiger partial charge in [-0.25, -0.2) is 4.79 Å². The molecule has 0 amide bonds. The first-order chi connectivity index (χ1) is 11.1. The number of hydrogen-bond acceptors (Lipinski definition) is 5. The van der Waals surface area contributed by atoms with E-state index in [0.717, 1.165) is 18.8 Å². The summed E-state index contributed by atoms with van der Waals surface area (Å²) in [6, 6.07) is 3.53. The summed E-state index contributed by atoms with van der Waals surface area (Å²) in [6.07, 6.45) is 1.53. The zero-order valence-corrected chi connectivity index (χ0v) is 14.6. The number of ether oxygens (including phenoxy) is 2. The summed E-state index contributed by atoms with van der Waals surface area (Å²) in [5.74, 6) is 0.218. The third-order valence-electron chi connectivity index (χ3n) is 3.70. The second kappa shape index (κ2) is 7.51. The topological polar surface area (TPSA) is 51.7 Å². The number of anilines is 1. The maximum absolute atomic E-state index is 12.3. The van der Waals surface area contributed by atoms with Crippen molar-refractivity contribution in [3.05, 3.63) is 28.9 Å². The van der Waals surface area contributed by atoms with Crippen LogP contribution in [0.15, 0.2) is 18.3 Å². The molecule has 0 saturated carbocycles. The average molecular weight is 337 g/mol. The van der Waals surface area contributed by atoms with E-state index >= 15 is 0 Å². The van der Waals surface area contributed by atoms with E-state index in [4.69, 9.17) is 21.1 Å². The molecule has 0 N–H and O–H groups in total. The number of carbonyl (C=O) groups is 1. The lowest BCUT2D eigenvalue weighted by molar-refractivity contribution is 0.0527. The monoisotopic (exact) mass is 336 g/mol. The van der Waals surface area contributed by atoms with Gasteiger partial charge in [-0.2, -0.15) is 0 Å². The van der Waals surface area contributed by atoms with Gasteiger partial charge in [0.2, 0.25) is 0 Å². The van der Waals surface area contributed by atoms with E-state index in [-0.39, 0.29) is 0 Å². The highest BCUT2D eigenvalue weighted by atomic mass is 35.5. The van der Waals surface area contributed by atoms with Crippen molar-refractivity contribution in [1.29, 1.82) is 0 Å². The third-order valence-corrected chi connectivity index (χ3v) is 4.01. The van der Waals surface area contributed by atoms with E-state index in [1.807, 2.05) is 13.8 Å². The quantitative estimate of drug-likeness (QED) is 0.748. The number of hydrogen-bond donors (Lipinski definition) is 0. The molecular weight excluding hydrogens is 316 g/mol. The Morgan fingerprint density at radius 3 is 2.52 bits per heavy atom. The summed E-state index contributed by atoms with van der Waals surface area (Å²) < 4.78 is 10.5. The van der Waals surface area contributed by atoms with Crippen molar-refractivity contribution in [3.8, 4) is 5.75 Å². The zero-order valence-electron chi connectivity index (χ0n) is 13.9. The Labute approximate surface area is 141 Å². The molecule has 5 nitrogen and oxygen atoms in total. The van der Waals surface area contributed by atoms with Gasteiger partial charge >= 0.3 is 5.97 Å². The van der Waals surface area contributed by atoms with Crippen molar-refractivity contribution in [2.45, 2.75) is 20.8 Å². The average Bonchev–Trinajstić information content (AvgIpc) is 2.56. The number of aromatic nitrogens is 1. The molecule has 0 radical (unpaired) electrons. The Bertz CT molecular complexity index is 715. The maximum atomic E-state index is 12.3. The minimum Gasteiger partial charge on any atom is -0.494 e. The summed E-state index contributed by atoms with van der Waals surface area (Å²) in [7, 11) is 1.58. The van der Waals surface area contributed by atoms with Gasteiger partial charge < -0.3 is 14.4 Å². The molecule has 23 heavy (non-hydrogen) atoms. The predicted octanol–water partition coefficient (Wildman–Crippen LogP) is 3.92. The second-order valence-electron chi connectivity index (χ2n) is 4.89. The maximum Gasteiger partial charge on any atom is 0.341 e. The van der Waals surface area contributed by atoms with Crippen LogP contribution in [0.3, 0.4) is 0 Å². The van der Waals surface area contributed by atoms with Crippen molar-refractivity contribution < 1.29 is 14.3 Å². The van der Waals surface area contributed by atoms with E-state index in [1.165, 1.54) is 6.20 Å². The highest BCUT2D eigenvalue weighted by Gasteiger charge is 2.23. The highest BCUT2D eigenvalue weighted by Crippen LogP contribution is 2.39. The lowest BCUT2D eigenvalue weighted by Crippen LogP contribution is -2.25. The van der Waals surface area contributed by atoms with E-state index in [9.17, 15) is 4.79 Å². The van der Waals surface area contributed by atoms with Gasteiger partial charge in [-0.15, -0.1) is 0 Å². The molecule has 0 fully saturated rings. The highest BCUT2D eigenvalue weighted by molar-refractivity contribution is 6.37. The van der Waals surface area contributed by atoms with Crippen molar-refractivity contribution >= 4 is 34.2 Å². The molecule has 0 aliphatic heterocycles. The molecule has 1 heterocycles. The molecular formula is C17H21ClN2O3. The van der Waals surface area contributed by atoms with E-state index in [2.05, 4.69) is 9.88 Å². The van der Waals surface area contributed by atoms with E-state index < -0.39 is 5.97 Å². The summed E-state index contributed by atoms with van der Waals surface area (Å²) in [5, 5.41) is 1.24. The Morgan fingerprint density at radius 1 is 1.26 bits per heavy atom. The van der Waals surface area contributed by atoms with Gasteiger partial charge in [-0.3, -0.25) is 4.98 Å². The van der Waals surface area contributed by atoms with Crippen molar-refractivity contribution in [2.24, 2.45) is 0 Å². The van der Waals surface area contributed by atoms with Crippen LogP contribution in [0.4, 0.5) is 5.69 Å². The molecule has 1 aromatic carbocycles. The van der Waals surface area contributed by atoms with Gasteiger partial charge in [0.05, 0.1) is 24.4 Å². The molecule has 124 valence electrons. The molecule has 0 saturated heterocycles. The number of carbonyl (C=O) groups excluding carboxylic acids is 1. The van der Waals surface area contributed by atoms with Crippen LogP contribution in [0.25, 0.3) is 10.9 Å². The minimum atomic E-state index is -0.400. The van der Waals surface area contributed by atoms with Crippen molar-refractivity contribution in [1.82, 2.24) is 4.98 Å². The summed E-state index contributed by atoms with van der Waals surface area (Å²) in [4.78, 5) is 18.8. The minimum absolute atomic E-state index is 0.306. The van der Waals surface area contributed by atoms with Crippen LogP contribution in [-0.4, -0.2) is 37.8 Å². The predicted molar refractivity (Wildman–Crippen MR) is 92.8 cm³/mol. The molecule has 1 aromatic heterocycles. The van der Waals surface area contributed by atoms with E-state index in [0.29, 0.717) is 33.8 Å². The summed E-state index contributed by atoms with van der Waals surface area (Å²) in [5.41, 5.74) is 1.79. The normalized spacial score (nSPS) is 10.7. The number of fused-ring (bicyclic) bond motifs is 1. The first kappa shape index (κ1) is 17.3. The van der Waals surface area contributed by atoms with Crippen LogP contribution < -0.4 is 9.64 Å². The van der Waals surface area contributed by atoms with Crippen LogP contribution in [0.2, 0.25) is 5.02 Å². The number of benzene rings is 1. The number of esters is 1. The molecule has 2 rings (SSSR count). The van der Waals surface area contributed by atoms with Crippen LogP contribution in [-0.2, 0) is 4.74 Å². The molecule has 0 bridgehead atoms. The Balaban J connectivity index is 2.85. The van der Waals surface area contributed by atoms with Crippen molar-refractivity contribution in [3.63, 3.8) is 0 Å². The fourth-order valence-corrected chi connectivity index (χ4v) is 2.86. The van der Waals surface area contributed by atoms with E-state index in [1.54, 1.807) is 26.2 Å². The lowest BCUT2D eigenvalue weighted by atomic mass is 10.1. The second-order valence-corrected chi connectivity index (χ2v) is 5.29. The molecule has 0 aliphatic carbocycles. The fourth-order valence-electron chi connectivity index (χ4n) is 2.62. The van der Waals surface area contributed by atoms with Crippen LogP contribution >= 0.6 is 11.6 Å². The number of rotatable bonds is 6. The molecule has 0 spiro atoms. The number of pyridine rings is 1. The van der Waals surface area contributed by atoms with Gasteiger partial charge in [-0.05, 0) is 32.9 Å². The molecule has 0 aliphatic rings.